The maximum Gasteiger partial charge on any atom is 0.156 e. The van der Waals surface area contributed by atoms with Gasteiger partial charge in [-0.15, -0.1) is 0 Å². The first-order valence-electron chi connectivity index (χ1n) is 5.57. The third kappa shape index (κ3) is 2.47. The standard InChI is InChI=1S/C11H17N3OS/c1-3-4-15-5-10-13-9-7-16-6-8(9)11(12-2)14-10/h3-7H2,1-2H3,(H,12,13,14). The Bertz CT molecular complexity index is 370. The first kappa shape index (κ1) is 11.7. The van der Waals surface area contributed by atoms with Gasteiger partial charge in [-0.1, -0.05) is 6.92 Å². The molecule has 0 unspecified atom stereocenters. The summed E-state index contributed by atoms with van der Waals surface area (Å²) >= 11 is 1.89. The van der Waals surface area contributed by atoms with E-state index < -0.39 is 0 Å². The van der Waals surface area contributed by atoms with Gasteiger partial charge >= 0.3 is 0 Å². The van der Waals surface area contributed by atoms with Crippen LogP contribution in [-0.2, 0) is 22.8 Å². The molecule has 0 fully saturated rings. The molecule has 0 saturated heterocycles. The van der Waals surface area contributed by atoms with E-state index in [-0.39, 0.29) is 0 Å². The van der Waals surface area contributed by atoms with Crippen molar-refractivity contribution in [3.63, 3.8) is 0 Å². The first-order chi connectivity index (χ1) is 7.85. The number of thioether (sulfide) groups is 1. The molecule has 0 amide bonds. The highest BCUT2D eigenvalue weighted by molar-refractivity contribution is 7.98. The van der Waals surface area contributed by atoms with E-state index in [0.717, 1.165) is 36.2 Å². The van der Waals surface area contributed by atoms with E-state index in [1.54, 1.807) is 0 Å². The summed E-state index contributed by atoms with van der Waals surface area (Å²) in [5.74, 6) is 3.76. The van der Waals surface area contributed by atoms with E-state index in [0.29, 0.717) is 6.61 Å². The van der Waals surface area contributed by atoms with Crippen molar-refractivity contribution in [2.45, 2.75) is 31.5 Å². The van der Waals surface area contributed by atoms with Gasteiger partial charge in [-0.3, -0.25) is 0 Å². The molecule has 1 N–H and O–H groups in total. The topological polar surface area (TPSA) is 47.0 Å². The van der Waals surface area contributed by atoms with Crippen LogP contribution in [0.4, 0.5) is 5.82 Å². The molecule has 0 atom stereocenters. The predicted octanol–water partition coefficient (Wildman–Crippen LogP) is 2.19. The van der Waals surface area contributed by atoms with Crippen LogP contribution in [0.1, 0.15) is 30.4 Å². The Labute approximate surface area is 100 Å². The number of anilines is 1. The second-order valence-corrected chi connectivity index (χ2v) is 4.69. The fraction of sp³-hybridized carbons (Fsp3) is 0.636. The van der Waals surface area contributed by atoms with Crippen molar-refractivity contribution in [3.8, 4) is 0 Å². The van der Waals surface area contributed by atoms with E-state index in [4.69, 9.17) is 4.74 Å². The van der Waals surface area contributed by atoms with Crippen molar-refractivity contribution >= 4 is 17.6 Å². The van der Waals surface area contributed by atoms with E-state index in [2.05, 4.69) is 22.2 Å². The molecule has 0 radical (unpaired) electrons. The molecular formula is C11H17N3OS. The quantitative estimate of drug-likeness (QED) is 0.798. The number of rotatable bonds is 5. The third-order valence-corrected chi connectivity index (χ3v) is 3.41. The van der Waals surface area contributed by atoms with Crippen molar-refractivity contribution in [1.82, 2.24) is 9.97 Å². The van der Waals surface area contributed by atoms with Crippen LogP contribution >= 0.6 is 11.8 Å². The Hall–Kier alpha value is -0.810. The van der Waals surface area contributed by atoms with Gasteiger partial charge in [0.15, 0.2) is 5.82 Å². The Morgan fingerprint density at radius 1 is 1.38 bits per heavy atom. The van der Waals surface area contributed by atoms with Crippen LogP contribution in [0.15, 0.2) is 0 Å². The minimum Gasteiger partial charge on any atom is -0.373 e. The monoisotopic (exact) mass is 239 g/mol. The maximum absolute atomic E-state index is 5.47. The lowest BCUT2D eigenvalue weighted by molar-refractivity contribution is 0.116. The van der Waals surface area contributed by atoms with Gasteiger partial charge in [-0.2, -0.15) is 11.8 Å². The number of hydrogen-bond acceptors (Lipinski definition) is 5. The fourth-order valence-electron chi connectivity index (χ4n) is 1.68. The van der Waals surface area contributed by atoms with Crippen LogP contribution in [0.3, 0.4) is 0 Å². The van der Waals surface area contributed by atoms with E-state index in [1.165, 1.54) is 11.3 Å². The van der Waals surface area contributed by atoms with E-state index in [9.17, 15) is 0 Å². The predicted molar refractivity (Wildman–Crippen MR) is 66.5 cm³/mol. The molecule has 16 heavy (non-hydrogen) atoms. The van der Waals surface area contributed by atoms with Gasteiger partial charge in [0.1, 0.15) is 12.4 Å². The van der Waals surface area contributed by atoms with Crippen molar-refractivity contribution < 1.29 is 4.74 Å². The Kier molecular flexibility index (Phi) is 4.01. The third-order valence-electron chi connectivity index (χ3n) is 2.44. The lowest BCUT2D eigenvalue weighted by Gasteiger charge is -2.09. The van der Waals surface area contributed by atoms with Crippen LogP contribution in [0.25, 0.3) is 0 Å². The number of aromatic nitrogens is 2. The second-order valence-electron chi connectivity index (χ2n) is 3.71. The average molecular weight is 239 g/mol. The molecular weight excluding hydrogens is 222 g/mol. The summed E-state index contributed by atoms with van der Waals surface area (Å²) in [6, 6.07) is 0. The largest absolute Gasteiger partial charge is 0.373 e. The SMILES string of the molecule is CCCOCc1nc2c(c(NC)n1)CSC2. The molecule has 1 aromatic heterocycles. The summed E-state index contributed by atoms with van der Waals surface area (Å²) < 4.78 is 5.47. The average Bonchev–Trinajstić information content (AvgIpc) is 2.76. The van der Waals surface area contributed by atoms with Gasteiger partial charge in [0.05, 0.1) is 5.69 Å². The van der Waals surface area contributed by atoms with Gasteiger partial charge < -0.3 is 10.1 Å². The Morgan fingerprint density at radius 2 is 2.25 bits per heavy atom. The van der Waals surface area contributed by atoms with Gasteiger partial charge in [0, 0.05) is 30.7 Å². The molecule has 88 valence electrons. The van der Waals surface area contributed by atoms with Crippen LogP contribution < -0.4 is 5.32 Å². The van der Waals surface area contributed by atoms with Gasteiger partial charge in [0.25, 0.3) is 0 Å². The van der Waals surface area contributed by atoms with Crippen LogP contribution in [0.2, 0.25) is 0 Å². The molecule has 1 aliphatic heterocycles. The minimum atomic E-state index is 0.514. The molecule has 0 spiro atoms. The van der Waals surface area contributed by atoms with E-state index in [1.807, 2.05) is 18.8 Å². The summed E-state index contributed by atoms with van der Waals surface area (Å²) in [4.78, 5) is 9.01. The number of ether oxygens (including phenoxy) is 1. The minimum absolute atomic E-state index is 0.514. The zero-order chi connectivity index (χ0) is 11.4. The summed E-state index contributed by atoms with van der Waals surface area (Å²) in [7, 11) is 1.91. The molecule has 2 rings (SSSR count). The summed E-state index contributed by atoms with van der Waals surface area (Å²) in [5, 5.41) is 3.14. The summed E-state index contributed by atoms with van der Waals surface area (Å²) in [5.41, 5.74) is 2.42. The fourth-order valence-corrected chi connectivity index (χ4v) is 2.72. The van der Waals surface area contributed by atoms with Gasteiger partial charge in [-0.25, -0.2) is 9.97 Å². The molecule has 0 aliphatic carbocycles. The molecule has 4 nitrogen and oxygen atoms in total. The van der Waals surface area contributed by atoms with Crippen molar-refractivity contribution in [3.05, 3.63) is 17.1 Å². The number of nitrogens with one attached hydrogen (secondary N) is 1. The molecule has 1 aliphatic rings. The van der Waals surface area contributed by atoms with E-state index >= 15 is 0 Å². The Morgan fingerprint density at radius 3 is 3.00 bits per heavy atom. The van der Waals surface area contributed by atoms with Crippen LogP contribution in [0.5, 0.6) is 0 Å². The zero-order valence-electron chi connectivity index (χ0n) is 9.75. The first-order valence-corrected chi connectivity index (χ1v) is 6.72. The second kappa shape index (κ2) is 5.50. The normalized spacial score (nSPS) is 13.9. The molecule has 0 bridgehead atoms. The van der Waals surface area contributed by atoms with Crippen LogP contribution in [-0.4, -0.2) is 23.6 Å². The van der Waals surface area contributed by atoms with Crippen molar-refractivity contribution in [2.24, 2.45) is 0 Å². The highest BCUT2D eigenvalue weighted by atomic mass is 32.2. The zero-order valence-corrected chi connectivity index (χ0v) is 10.6. The smallest absolute Gasteiger partial charge is 0.156 e. The highest BCUT2D eigenvalue weighted by Gasteiger charge is 2.18. The van der Waals surface area contributed by atoms with Crippen LogP contribution in [0, 0.1) is 0 Å². The molecule has 5 heteroatoms. The lowest BCUT2D eigenvalue weighted by atomic mass is 10.2. The maximum atomic E-state index is 5.47. The Balaban J connectivity index is 2.14. The number of fused-ring (bicyclic) bond motifs is 1. The van der Waals surface area contributed by atoms with Crippen molar-refractivity contribution in [2.75, 3.05) is 19.0 Å². The van der Waals surface area contributed by atoms with Crippen molar-refractivity contribution in [1.29, 1.82) is 0 Å². The lowest BCUT2D eigenvalue weighted by Crippen LogP contribution is -2.07. The molecule has 0 aromatic carbocycles. The van der Waals surface area contributed by atoms with Gasteiger partial charge in [-0.05, 0) is 6.42 Å². The highest BCUT2D eigenvalue weighted by Crippen LogP contribution is 2.32. The summed E-state index contributed by atoms with van der Waals surface area (Å²) in [6.45, 7) is 3.38. The number of hydrogen-bond donors (Lipinski definition) is 1. The molecule has 1 aromatic rings. The number of nitrogens with zero attached hydrogens (tertiary/aromatic N) is 2. The van der Waals surface area contributed by atoms with Gasteiger partial charge in [0.2, 0.25) is 0 Å². The summed E-state index contributed by atoms with van der Waals surface area (Å²) in [6.07, 6.45) is 1.03. The molecule has 0 saturated carbocycles. The molecule has 2 heterocycles.